The monoisotopic (exact) mass is 235 g/mol. The van der Waals surface area contributed by atoms with Crippen molar-refractivity contribution >= 4 is 11.6 Å². The molecule has 0 aliphatic rings. The van der Waals surface area contributed by atoms with E-state index in [1.165, 1.54) is 30.3 Å². The smallest absolute Gasteiger partial charge is 0.268 e. The van der Waals surface area contributed by atoms with E-state index in [4.69, 9.17) is 16.9 Å². The fraction of sp³-hybridized carbons (Fsp3) is 0.222. The summed E-state index contributed by atoms with van der Waals surface area (Å²) < 4.78 is 39.2. The van der Waals surface area contributed by atoms with Crippen LogP contribution in [-0.4, -0.2) is 6.36 Å². The molecule has 0 aromatic heterocycles. The van der Waals surface area contributed by atoms with Crippen LogP contribution in [0.4, 0.5) is 13.2 Å². The van der Waals surface area contributed by atoms with Gasteiger partial charge >= 0.3 is 6.36 Å². The summed E-state index contributed by atoms with van der Waals surface area (Å²) in [6.07, 6.45) is -6.54. The maximum absolute atomic E-state index is 11.9. The highest BCUT2D eigenvalue weighted by Crippen LogP contribution is 2.28. The van der Waals surface area contributed by atoms with Crippen LogP contribution in [0.15, 0.2) is 24.3 Å². The van der Waals surface area contributed by atoms with Crippen molar-refractivity contribution < 1.29 is 17.9 Å². The largest absolute Gasteiger partial charge is 0.524 e. The summed E-state index contributed by atoms with van der Waals surface area (Å²) in [4.78, 5) is 0. The lowest BCUT2D eigenvalue weighted by Crippen LogP contribution is -2.17. The Morgan fingerprint density at radius 2 is 2.07 bits per heavy atom. The number of nitriles is 1. The van der Waals surface area contributed by atoms with Gasteiger partial charge in [0.05, 0.1) is 6.07 Å². The van der Waals surface area contributed by atoms with Gasteiger partial charge in [0.15, 0.2) is 6.10 Å². The highest BCUT2D eigenvalue weighted by atomic mass is 35.5. The number of benzene rings is 1. The topological polar surface area (TPSA) is 33.0 Å². The molecule has 1 rings (SSSR count). The van der Waals surface area contributed by atoms with Crippen LogP contribution in [-0.2, 0) is 4.74 Å². The van der Waals surface area contributed by atoms with Gasteiger partial charge in [-0.3, -0.25) is 4.74 Å². The number of ether oxygens (including phenoxy) is 1. The number of nitrogens with zero attached hydrogens (tertiary/aromatic N) is 1. The summed E-state index contributed by atoms with van der Waals surface area (Å²) in [5, 5.41) is 8.76. The molecular weight excluding hydrogens is 231 g/mol. The summed E-state index contributed by atoms with van der Waals surface area (Å²) in [6.45, 7) is 0. The Labute approximate surface area is 88.8 Å². The molecule has 80 valence electrons. The molecule has 15 heavy (non-hydrogen) atoms. The summed E-state index contributed by atoms with van der Waals surface area (Å²) >= 11 is 5.57. The van der Waals surface area contributed by atoms with Crippen LogP contribution in [0.2, 0.25) is 5.02 Å². The lowest BCUT2D eigenvalue weighted by Gasteiger charge is -2.13. The maximum atomic E-state index is 11.9. The molecule has 0 fully saturated rings. The average Bonchev–Trinajstić information content (AvgIpc) is 2.13. The second kappa shape index (κ2) is 4.51. The molecule has 0 heterocycles. The van der Waals surface area contributed by atoms with E-state index in [-0.39, 0.29) is 10.6 Å². The molecule has 1 unspecified atom stereocenters. The van der Waals surface area contributed by atoms with Crippen molar-refractivity contribution in [1.82, 2.24) is 0 Å². The predicted molar refractivity (Wildman–Crippen MR) is 46.9 cm³/mol. The van der Waals surface area contributed by atoms with Crippen molar-refractivity contribution in [2.24, 2.45) is 0 Å². The molecule has 0 radical (unpaired) electrons. The van der Waals surface area contributed by atoms with E-state index in [1.54, 1.807) is 0 Å². The second-order valence-corrected chi connectivity index (χ2v) is 3.06. The third kappa shape index (κ3) is 3.78. The SMILES string of the molecule is N#CC(OC(F)(F)F)c1cccc(Cl)c1. The molecule has 6 heteroatoms. The first kappa shape index (κ1) is 11.8. The van der Waals surface area contributed by atoms with Gasteiger partial charge in [0.1, 0.15) is 0 Å². The number of halogens is 4. The van der Waals surface area contributed by atoms with Crippen LogP contribution >= 0.6 is 11.6 Å². The van der Waals surface area contributed by atoms with Gasteiger partial charge in [-0.1, -0.05) is 23.7 Å². The molecule has 1 atom stereocenters. The molecule has 0 saturated heterocycles. The van der Waals surface area contributed by atoms with E-state index in [1.807, 2.05) is 0 Å². The van der Waals surface area contributed by atoms with Crippen molar-refractivity contribution in [3.63, 3.8) is 0 Å². The first-order chi connectivity index (χ1) is 6.92. The molecule has 0 aliphatic heterocycles. The zero-order valence-corrected chi connectivity index (χ0v) is 8.01. The minimum absolute atomic E-state index is 0.0716. The van der Waals surface area contributed by atoms with Crippen molar-refractivity contribution in [2.75, 3.05) is 0 Å². The van der Waals surface area contributed by atoms with Crippen LogP contribution in [0.1, 0.15) is 11.7 Å². The zero-order chi connectivity index (χ0) is 11.5. The standard InChI is InChI=1S/C9H5ClF3NO/c10-7-3-1-2-6(4-7)8(5-14)15-9(11,12)13/h1-4,8H. The Morgan fingerprint density at radius 1 is 1.40 bits per heavy atom. The van der Waals surface area contributed by atoms with Gasteiger partial charge in [0.2, 0.25) is 0 Å². The Bertz CT molecular complexity index is 386. The van der Waals surface area contributed by atoms with E-state index in [0.717, 1.165) is 0 Å². The lowest BCUT2D eigenvalue weighted by molar-refractivity contribution is -0.337. The van der Waals surface area contributed by atoms with Gasteiger partial charge in [-0.25, -0.2) is 0 Å². The summed E-state index contributed by atoms with van der Waals surface area (Å²) in [5.41, 5.74) is 0.0716. The first-order valence-corrected chi connectivity index (χ1v) is 4.20. The number of hydrogen-bond donors (Lipinski definition) is 0. The summed E-state index contributed by atoms with van der Waals surface area (Å²) in [6, 6.07) is 6.93. The van der Waals surface area contributed by atoms with E-state index >= 15 is 0 Å². The molecule has 0 amide bonds. The van der Waals surface area contributed by atoms with Crippen LogP contribution in [0.5, 0.6) is 0 Å². The molecule has 1 aromatic rings. The van der Waals surface area contributed by atoms with Gasteiger partial charge in [0.25, 0.3) is 0 Å². The predicted octanol–water partition coefficient (Wildman–Crippen LogP) is 3.44. The van der Waals surface area contributed by atoms with Crippen molar-refractivity contribution in [2.45, 2.75) is 12.5 Å². The number of rotatable bonds is 2. The van der Waals surface area contributed by atoms with Crippen molar-refractivity contribution in [1.29, 1.82) is 5.26 Å². The Morgan fingerprint density at radius 3 is 2.53 bits per heavy atom. The molecule has 1 aromatic carbocycles. The zero-order valence-electron chi connectivity index (χ0n) is 7.25. The van der Waals surface area contributed by atoms with E-state index in [9.17, 15) is 13.2 Å². The van der Waals surface area contributed by atoms with Gasteiger partial charge < -0.3 is 0 Å². The fourth-order valence-electron chi connectivity index (χ4n) is 0.972. The summed E-state index contributed by atoms with van der Waals surface area (Å²) in [7, 11) is 0. The quantitative estimate of drug-likeness (QED) is 0.787. The van der Waals surface area contributed by atoms with Crippen LogP contribution in [0, 0.1) is 11.3 Å². The van der Waals surface area contributed by atoms with Crippen LogP contribution < -0.4 is 0 Å². The molecular formula is C9H5ClF3NO. The lowest BCUT2D eigenvalue weighted by atomic mass is 10.1. The van der Waals surface area contributed by atoms with Gasteiger partial charge in [-0.15, -0.1) is 13.2 Å². The fourth-order valence-corrected chi connectivity index (χ4v) is 1.17. The third-order valence-electron chi connectivity index (χ3n) is 1.52. The number of alkyl halides is 3. The van der Waals surface area contributed by atoms with Gasteiger partial charge in [0, 0.05) is 5.02 Å². The van der Waals surface area contributed by atoms with Gasteiger partial charge in [-0.2, -0.15) is 5.26 Å². The van der Waals surface area contributed by atoms with Crippen LogP contribution in [0.3, 0.4) is 0 Å². The van der Waals surface area contributed by atoms with Gasteiger partial charge in [-0.05, 0) is 17.7 Å². The highest BCUT2D eigenvalue weighted by molar-refractivity contribution is 6.30. The van der Waals surface area contributed by atoms with Crippen molar-refractivity contribution in [3.8, 4) is 6.07 Å². The minimum atomic E-state index is -4.84. The molecule has 0 aliphatic carbocycles. The third-order valence-corrected chi connectivity index (χ3v) is 1.76. The first-order valence-electron chi connectivity index (χ1n) is 3.82. The van der Waals surface area contributed by atoms with Crippen LogP contribution in [0.25, 0.3) is 0 Å². The Kier molecular flexibility index (Phi) is 3.56. The highest BCUT2D eigenvalue weighted by Gasteiger charge is 2.34. The molecule has 0 saturated carbocycles. The number of hydrogen-bond acceptors (Lipinski definition) is 2. The molecule has 2 nitrogen and oxygen atoms in total. The van der Waals surface area contributed by atoms with E-state index < -0.39 is 12.5 Å². The maximum Gasteiger partial charge on any atom is 0.524 e. The van der Waals surface area contributed by atoms with E-state index in [0.29, 0.717) is 0 Å². The molecule has 0 N–H and O–H groups in total. The minimum Gasteiger partial charge on any atom is -0.268 e. The Balaban J connectivity index is 2.90. The average molecular weight is 236 g/mol. The van der Waals surface area contributed by atoms with E-state index in [2.05, 4.69) is 4.74 Å². The normalized spacial score (nSPS) is 13.3. The van der Waals surface area contributed by atoms with Crippen molar-refractivity contribution in [3.05, 3.63) is 34.9 Å². The second-order valence-electron chi connectivity index (χ2n) is 2.63. The molecule has 0 bridgehead atoms. The Hall–Kier alpha value is -1.25. The molecule has 0 spiro atoms. The summed E-state index contributed by atoms with van der Waals surface area (Å²) in [5.74, 6) is 0.